The monoisotopic (exact) mass is 306 g/mol. The second-order valence-corrected chi connectivity index (χ2v) is 7.81. The molecule has 1 aliphatic heterocycles. The van der Waals surface area contributed by atoms with Crippen molar-refractivity contribution in [3.8, 4) is 0 Å². The molecular formula is C18H27ClN2. The van der Waals surface area contributed by atoms with Gasteiger partial charge in [0.05, 0.1) is 0 Å². The van der Waals surface area contributed by atoms with Gasteiger partial charge in [0, 0.05) is 36.2 Å². The van der Waals surface area contributed by atoms with Crippen molar-refractivity contribution in [2.75, 3.05) is 13.1 Å². The van der Waals surface area contributed by atoms with E-state index in [2.05, 4.69) is 43.1 Å². The van der Waals surface area contributed by atoms with Crippen LogP contribution >= 0.6 is 11.6 Å². The molecule has 0 bridgehead atoms. The van der Waals surface area contributed by atoms with Crippen LogP contribution in [0.2, 0.25) is 5.02 Å². The molecule has 1 aliphatic carbocycles. The summed E-state index contributed by atoms with van der Waals surface area (Å²) < 4.78 is 0. The molecule has 1 N–H and O–H groups in total. The molecule has 1 saturated carbocycles. The largest absolute Gasteiger partial charge is 0.311 e. The van der Waals surface area contributed by atoms with E-state index in [0.717, 1.165) is 30.6 Å². The van der Waals surface area contributed by atoms with Gasteiger partial charge in [0.15, 0.2) is 0 Å². The van der Waals surface area contributed by atoms with Crippen LogP contribution in [0.25, 0.3) is 0 Å². The SMILES string of the molecule is CC(C)C1CN(Cc2ccc(Cl)cc2)C(C)(C2CC2)CN1. The van der Waals surface area contributed by atoms with E-state index < -0.39 is 0 Å². The number of benzene rings is 1. The minimum Gasteiger partial charge on any atom is -0.311 e. The first kappa shape index (κ1) is 15.3. The van der Waals surface area contributed by atoms with Crippen molar-refractivity contribution in [1.29, 1.82) is 0 Å². The Morgan fingerprint density at radius 2 is 1.95 bits per heavy atom. The molecule has 0 amide bonds. The fourth-order valence-corrected chi connectivity index (χ4v) is 3.70. The van der Waals surface area contributed by atoms with Gasteiger partial charge in [-0.25, -0.2) is 0 Å². The van der Waals surface area contributed by atoms with Crippen molar-refractivity contribution in [1.82, 2.24) is 10.2 Å². The van der Waals surface area contributed by atoms with Crippen molar-refractivity contribution < 1.29 is 0 Å². The van der Waals surface area contributed by atoms with E-state index >= 15 is 0 Å². The van der Waals surface area contributed by atoms with Crippen LogP contribution in [-0.2, 0) is 6.54 Å². The first-order chi connectivity index (χ1) is 9.99. The third kappa shape index (κ3) is 3.28. The van der Waals surface area contributed by atoms with E-state index in [9.17, 15) is 0 Å². The summed E-state index contributed by atoms with van der Waals surface area (Å²) in [6.07, 6.45) is 2.78. The lowest BCUT2D eigenvalue weighted by Gasteiger charge is -2.49. The molecule has 21 heavy (non-hydrogen) atoms. The molecule has 3 rings (SSSR count). The first-order valence-corrected chi connectivity index (χ1v) is 8.60. The molecular weight excluding hydrogens is 280 g/mol. The van der Waals surface area contributed by atoms with Crippen LogP contribution in [0, 0.1) is 11.8 Å². The number of hydrogen-bond acceptors (Lipinski definition) is 2. The predicted octanol–water partition coefficient (Wildman–Crippen LogP) is 3.94. The fraction of sp³-hybridized carbons (Fsp3) is 0.667. The number of halogens is 1. The Morgan fingerprint density at radius 1 is 1.29 bits per heavy atom. The lowest BCUT2D eigenvalue weighted by Crippen LogP contribution is -2.65. The van der Waals surface area contributed by atoms with Crippen molar-refractivity contribution >= 4 is 11.6 Å². The summed E-state index contributed by atoms with van der Waals surface area (Å²) in [6, 6.07) is 8.95. The quantitative estimate of drug-likeness (QED) is 0.906. The van der Waals surface area contributed by atoms with Gasteiger partial charge < -0.3 is 5.32 Å². The summed E-state index contributed by atoms with van der Waals surface area (Å²) in [5.74, 6) is 1.55. The molecule has 2 nitrogen and oxygen atoms in total. The summed E-state index contributed by atoms with van der Waals surface area (Å²) in [5, 5.41) is 4.62. The Morgan fingerprint density at radius 3 is 2.52 bits per heavy atom. The van der Waals surface area contributed by atoms with Crippen molar-refractivity contribution in [3.05, 3.63) is 34.9 Å². The Hall–Kier alpha value is -0.570. The predicted molar refractivity (Wildman–Crippen MR) is 89.6 cm³/mol. The third-order valence-electron chi connectivity index (χ3n) is 5.41. The standard InChI is InChI=1S/C18H27ClN2/c1-13(2)17-11-21(10-14-4-8-16(19)9-5-14)18(3,12-20-17)15-6-7-15/h4-5,8-9,13,15,17,20H,6-7,10-12H2,1-3H3. The lowest BCUT2D eigenvalue weighted by atomic mass is 9.87. The van der Waals surface area contributed by atoms with Gasteiger partial charge in [0.1, 0.15) is 0 Å². The van der Waals surface area contributed by atoms with Crippen LogP contribution in [0.5, 0.6) is 0 Å². The maximum absolute atomic E-state index is 6.01. The fourth-order valence-electron chi connectivity index (χ4n) is 3.57. The smallest absolute Gasteiger partial charge is 0.0406 e. The highest BCUT2D eigenvalue weighted by atomic mass is 35.5. The summed E-state index contributed by atoms with van der Waals surface area (Å²) in [5.41, 5.74) is 1.68. The molecule has 116 valence electrons. The first-order valence-electron chi connectivity index (χ1n) is 8.22. The van der Waals surface area contributed by atoms with E-state index in [0.29, 0.717) is 17.5 Å². The van der Waals surface area contributed by atoms with Crippen LogP contribution in [0.1, 0.15) is 39.2 Å². The van der Waals surface area contributed by atoms with Crippen LogP contribution in [-0.4, -0.2) is 29.6 Å². The van der Waals surface area contributed by atoms with Crippen molar-refractivity contribution in [2.24, 2.45) is 11.8 Å². The zero-order valence-electron chi connectivity index (χ0n) is 13.4. The van der Waals surface area contributed by atoms with E-state index in [1.54, 1.807) is 0 Å². The van der Waals surface area contributed by atoms with Crippen molar-refractivity contribution in [2.45, 2.75) is 51.7 Å². The Balaban J connectivity index is 1.77. The topological polar surface area (TPSA) is 15.3 Å². The number of nitrogens with one attached hydrogen (secondary N) is 1. The molecule has 2 fully saturated rings. The third-order valence-corrected chi connectivity index (χ3v) is 5.66. The zero-order valence-corrected chi connectivity index (χ0v) is 14.2. The Kier molecular flexibility index (Phi) is 4.31. The normalized spacial score (nSPS) is 30.8. The van der Waals surface area contributed by atoms with Crippen LogP contribution in [0.3, 0.4) is 0 Å². The molecule has 1 aromatic rings. The molecule has 2 atom stereocenters. The number of piperazine rings is 1. The maximum atomic E-state index is 6.01. The summed E-state index contributed by atoms with van der Waals surface area (Å²) in [4.78, 5) is 2.72. The van der Waals surface area contributed by atoms with Gasteiger partial charge in [-0.2, -0.15) is 0 Å². The van der Waals surface area contributed by atoms with E-state index in [1.807, 2.05) is 12.1 Å². The molecule has 2 unspecified atom stereocenters. The summed E-state index contributed by atoms with van der Waals surface area (Å²) >= 11 is 6.01. The zero-order chi connectivity index (χ0) is 15.0. The van der Waals surface area contributed by atoms with E-state index in [-0.39, 0.29) is 0 Å². The Bertz CT molecular complexity index is 480. The maximum Gasteiger partial charge on any atom is 0.0406 e. The van der Waals surface area contributed by atoms with Gasteiger partial charge in [0.2, 0.25) is 0 Å². The van der Waals surface area contributed by atoms with E-state index in [1.165, 1.54) is 18.4 Å². The molecule has 0 spiro atoms. The Labute approximate surface area is 133 Å². The molecule has 0 radical (unpaired) electrons. The lowest BCUT2D eigenvalue weighted by molar-refractivity contribution is 0.0186. The molecule has 0 aromatic heterocycles. The second kappa shape index (κ2) is 5.91. The number of nitrogens with zero attached hydrogens (tertiary/aromatic N) is 1. The number of rotatable bonds is 4. The highest BCUT2D eigenvalue weighted by Crippen LogP contribution is 2.44. The minimum absolute atomic E-state index is 0.311. The van der Waals surface area contributed by atoms with Gasteiger partial charge in [-0.1, -0.05) is 37.6 Å². The molecule has 1 saturated heterocycles. The van der Waals surface area contributed by atoms with Gasteiger partial charge >= 0.3 is 0 Å². The van der Waals surface area contributed by atoms with Crippen LogP contribution in [0.15, 0.2) is 24.3 Å². The highest BCUT2D eigenvalue weighted by Gasteiger charge is 2.48. The molecule has 2 aliphatic rings. The average molecular weight is 307 g/mol. The number of hydrogen-bond donors (Lipinski definition) is 1. The van der Waals surface area contributed by atoms with E-state index in [4.69, 9.17) is 11.6 Å². The van der Waals surface area contributed by atoms with Crippen LogP contribution in [0.4, 0.5) is 0 Å². The molecule has 1 aromatic carbocycles. The van der Waals surface area contributed by atoms with Gasteiger partial charge in [-0.05, 0) is 49.3 Å². The van der Waals surface area contributed by atoms with Crippen LogP contribution < -0.4 is 5.32 Å². The van der Waals surface area contributed by atoms with Gasteiger partial charge in [-0.3, -0.25) is 4.90 Å². The van der Waals surface area contributed by atoms with Crippen molar-refractivity contribution in [3.63, 3.8) is 0 Å². The van der Waals surface area contributed by atoms with Gasteiger partial charge in [0.25, 0.3) is 0 Å². The minimum atomic E-state index is 0.311. The average Bonchev–Trinajstić information content (AvgIpc) is 3.28. The van der Waals surface area contributed by atoms with Gasteiger partial charge in [-0.15, -0.1) is 0 Å². The molecule has 1 heterocycles. The molecule has 3 heteroatoms. The summed E-state index contributed by atoms with van der Waals surface area (Å²) in [6.45, 7) is 10.4. The summed E-state index contributed by atoms with van der Waals surface area (Å²) in [7, 11) is 0. The highest BCUT2D eigenvalue weighted by molar-refractivity contribution is 6.30. The second-order valence-electron chi connectivity index (χ2n) is 7.37.